The number of carbonyl (C=O) groups is 2. The third-order valence-corrected chi connectivity index (χ3v) is 6.12. The van der Waals surface area contributed by atoms with E-state index in [4.69, 9.17) is 4.74 Å². The van der Waals surface area contributed by atoms with Crippen molar-refractivity contribution in [1.29, 1.82) is 0 Å². The molecule has 35 heavy (non-hydrogen) atoms. The fraction of sp³-hybridized carbons (Fsp3) is 0.273. The van der Waals surface area contributed by atoms with Crippen LogP contribution in [0.5, 0.6) is 0 Å². The van der Waals surface area contributed by atoms with Crippen LogP contribution in [0.3, 0.4) is 0 Å². The van der Waals surface area contributed by atoms with Crippen LogP contribution in [-0.2, 0) is 9.53 Å². The molecular formula is C22H23N7O5S. The summed E-state index contributed by atoms with van der Waals surface area (Å²) in [7, 11) is 0. The van der Waals surface area contributed by atoms with Gasteiger partial charge in [-0.15, -0.1) is 10.2 Å². The number of hydrogen-bond acceptors (Lipinski definition) is 9. The van der Waals surface area contributed by atoms with E-state index in [0.717, 1.165) is 11.3 Å². The molecule has 0 aliphatic carbocycles. The van der Waals surface area contributed by atoms with Crippen LogP contribution in [0.15, 0.2) is 53.7 Å². The van der Waals surface area contributed by atoms with Gasteiger partial charge in [-0.2, -0.15) is 0 Å². The molecule has 0 unspecified atom stereocenters. The predicted molar refractivity (Wildman–Crippen MR) is 129 cm³/mol. The second-order valence-corrected chi connectivity index (χ2v) is 8.59. The standard InChI is InChI=1S/C22H23N7O5S/c1-15-2-6-17(7-3-15)28-21(27-10-12-34-13-11-27)25-26-22(28)35-14-19(30)23-24-20(31)16-4-8-18(9-5-16)29(32)33/h2-9H,10-14H2,1H3,(H,23,30)(H,24,31). The van der Waals surface area contributed by atoms with E-state index in [1.807, 2.05) is 35.8 Å². The van der Waals surface area contributed by atoms with Gasteiger partial charge in [0.05, 0.1) is 29.6 Å². The lowest BCUT2D eigenvalue weighted by atomic mass is 10.2. The Kier molecular flexibility index (Phi) is 7.57. The monoisotopic (exact) mass is 497 g/mol. The Balaban J connectivity index is 1.40. The lowest BCUT2D eigenvalue weighted by molar-refractivity contribution is -0.384. The Labute approximate surface area is 204 Å². The Morgan fingerprint density at radius 1 is 1.06 bits per heavy atom. The molecule has 0 atom stereocenters. The summed E-state index contributed by atoms with van der Waals surface area (Å²) in [6.07, 6.45) is 0. The van der Waals surface area contributed by atoms with Gasteiger partial charge in [-0.1, -0.05) is 29.5 Å². The van der Waals surface area contributed by atoms with Crippen LogP contribution >= 0.6 is 11.8 Å². The summed E-state index contributed by atoms with van der Waals surface area (Å²) in [5.74, 6) is -0.382. The number of ether oxygens (including phenoxy) is 1. The molecule has 2 amide bonds. The van der Waals surface area contributed by atoms with Crippen molar-refractivity contribution < 1.29 is 19.2 Å². The highest BCUT2D eigenvalue weighted by atomic mass is 32.2. The SMILES string of the molecule is Cc1ccc(-n2c(SCC(=O)NNC(=O)c3ccc([N+](=O)[O-])cc3)nnc2N2CCOCC2)cc1. The molecule has 2 aromatic carbocycles. The Hall–Kier alpha value is -3.97. The molecule has 2 heterocycles. The zero-order valence-corrected chi connectivity index (χ0v) is 19.7. The highest BCUT2D eigenvalue weighted by Gasteiger charge is 2.22. The lowest BCUT2D eigenvalue weighted by Gasteiger charge is -2.27. The van der Waals surface area contributed by atoms with Crippen LogP contribution in [-0.4, -0.2) is 63.6 Å². The number of carbonyl (C=O) groups excluding carboxylic acids is 2. The van der Waals surface area contributed by atoms with Gasteiger partial charge >= 0.3 is 0 Å². The number of nitrogens with one attached hydrogen (secondary N) is 2. The van der Waals surface area contributed by atoms with Crippen LogP contribution in [0.25, 0.3) is 5.69 Å². The van der Waals surface area contributed by atoms with Gasteiger partial charge in [0.15, 0.2) is 5.16 Å². The van der Waals surface area contributed by atoms with Gasteiger partial charge < -0.3 is 9.64 Å². The lowest BCUT2D eigenvalue weighted by Crippen LogP contribution is -2.42. The van der Waals surface area contributed by atoms with Crippen LogP contribution in [0, 0.1) is 17.0 Å². The van der Waals surface area contributed by atoms with Gasteiger partial charge in [-0.25, -0.2) is 0 Å². The summed E-state index contributed by atoms with van der Waals surface area (Å²) in [5.41, 5.74) is 6.69. The van der Waals surface area contributed by atoms with Crippen LogP contribution in [0.2, 0.25) is 0 Å². The van der Waals surface area contributed by atoms with Crippen molar-refractivity contribution in [3.8, 4) is 5.69 Å². The molecule has 0 saturated carbocycles. The topological polar surface area (TPSA) is 145 Å². The van der Waals surface area contributed by atoms with E-state index in [1.165, 1.54) is 36.0 Å². The zero-order chi connectivity index (χ0) is 24.8. The number of anilines is 1. The van der Waals surface area contributed by atoms with E-state index >= 15 is 0 Å². The molecule has 4 rings (SSSR count). The summed E-state index contributed by atoms with van der Waals surface area (Å²) >= 11 is 1.18. The number of thioether (sulfide) groups is 1. The molecule has 1 fully saturated rings. The van der Waals surface area contributed by atoms with Crippen molar-refractivity contribution in [3.05, 3.63) is 69.8 Å². The highest BCUT2D eigenvalue weighted by molar-refractivity contribution is 7.99. The van der Waals surface area contributed by atoms with E-state index in [0.29, 0.717) is 37.4 Å². The van der Waals surface area contributed by atoms with Gasteiger partial charge in [0, 0.05) is 30.8 Å². The molecule has 1 aromatic heterocycles. The van der Waals surface area contributed by atoms with Crippen molar-refractivity contribution >= 4 is 35.2 Å². The third kappa shape index (κ3) is 5.94. The normalized spacial score (nSPS) is 13.3. The number of nitrogens with zero attached hydrogens (tertiary/aromatic N) is 5. The zero-order valence-electron chi connectivity index (χ0n) is 18.8. The molecule has 1 saturated heterocycles. The maximum absolute atomic E-state index is 12.4. The summed E-state index contributed by atoms with van der Waals surface area (Å²) in [5, 5.41) is 19.9. The number of rotatable bonds is 7. The molecule has 12 nitrogen and oxygen atoms in total. The summed E-state index contributed by atoms with van der Waals surface area (Å²) in [4.78, 5) is 36.8. The quantitative estimate of drug-likeness (QED) is 0.284. The van der Waals surface area contributed by atoms with Gasteiger partial charge in [-0.05, 0) is 31.2 Å². The van der Waals surface area contributed by atoms with Crippen molar-refractivity contribution in [1.82, 2.24) is 25.6 Å². The molecule has 2 N–H and O–H groups in total. The number of benzene rings is 2. The predicted octanol–water partition coefficient (Wildman–Crippen LogP) is 1.87. The Morgan fingerprint density at radius 3 is 2.40 bits per heavy atom. The molecule has 13 heteroatoms. The molecule has 0 radical (unpaired) electrons. The van der Waals surface area contributed by atoms with E-state index in [2.05, 4.69) is 25.9 Å². The fourth-order valence-electron chi connectivity index (χ4n) is 3.34. The van der Waals surface area contributed by atoms with Crippen molar-refractivity contribution in [2.75, 3.05) is 37.0 Å². The maximum Gasteiger partial charge on any atom is 0.269 e. The number of aromatic nitrogens is 3. The average molecular weight is 498 g/mol. The molecule has 1 aliphatic rings. The van der Waals surface area contributed by atoms with E-state index in [-0.39, 0.29) is 17.0 Å². The van der Waals surface area contributed by atoms with E-state index < -0.39 is 16.7 Å². The second kappa shape index (κ2) is 11.0. The van der Waals surface area contributed by atoms with Crippen LogP contribution in [0.1, 0.15) is 15.9 Å². The largest absolute Gasteiger partial charge is 0.378 e. The Bertz CT molecular complexity index is 1210. The molecule has 0 bridgehead atoms. The number of aryl methyl sites for hydroxylation is 1. The van der Waals surface area contributed by atoms with Crippen molar-refractivity contribution in [2.24, 2.45) is 0 Å². The first-order chi connectivity index (χ1) is 16.9. The first-order valence-corrected chi connectivity index (χ1v) is 11.7. The van der Waals surface area contributed by atoms with Gasteiger partial charge in [0.25, 0.3) is 11.6 Å². The first-order valence-electron chi connectivity index (χ1n) is 10.7. The molecule has 3 aromatic rings. The minimum Gasteiger partial charge on any atom is -0.378 e. The minimum absolute atomic E-state index is 0.0202. The fourth-order valence-corrected chi connectivity index (χ4v) is 4.09. The molecular weight excluding hydrogens is 474 g/mol. The maximum atomic E-state index is 12.4. The highest BCUT2D eigenvalue weighted by Crippen LogP contribution is 2.27. The average Bonchev–Trinajstić information content (AvgIpc) is 3.31. The smallest absolute Gasteiger partial charge is 0.269 e. The van der Waals surface area contributed by atoms with Gasteiger partial charge in [0.2, 0.25) is 11.9 Å². The number of nitro groups is 1. The number of hydrazine groups is 1. The number of non-ortho nitro benzene ring substituents is 1. The van der Waals surface area contributed by atoms with Gasteiger partial charge in [-0.3, -0.25) is 35.1 Å². The Morgan fingerprint density at radius 2 is 1.74 bits per heavy atom. The van der Waals surface area contributed by atoms with Crippen LogP contribution in [0.4, 0.5) is 11.6 Å². The molecule has 1 aliphatic heterocycles. The third-order valence-electron chi connectivity index (χ3n) is 5.19. The first kappa shape index (κ1) is 24.2. The minimum atomic E-state index is -0.587. The van der Waals surface area contributed by atoms with E-state index in [1.54, 1.807) is 0 Å². The number of morpholine rings is 1. The summed E-state index contributed by atoms with van der Waals surface area (Å²) < 4.78 is 7.34. The second-order valence-electron chi connectivity index (χ2n) is 7.65. The summed E-state index contributed by atoms with van der Waals surface area (Å²) in [6.45, 7) is 4.57. The molecule has 0 spiro atoms. The number of amides is 2. The van der Waals surface area contributed by atoms with Crippen LogP contribution < -0.4 is 15.8 Å². The summed E-state index contributed by atoms with van der Waals surface area (Å²) in [6, 6.07) is 13.0. The van der Waals surface area contributed by atoms with Gasteiger partial charge in [0.1, 0.15) is 0 Å². The van der Waals surface area contributed by atoms with Crippen molar-refractivity contribution in [2.45, 2.75) is 12.1 Å². The molecule has 182 valence electrons. The van der Waals surface area contributed by atoms with Crippen molar-refractivity contribution in [3.63, 3.8) is 0 Å². The van der Waals surface area contributed by atoms with E-state index in [9.17, 15) is 19.7 Å². The number of hydrogen-bond donors (Lipinski definition) is 2. The number of nitro benzene ring substituents is 1.